The van der Waals surface area contributed by atoms with Crippen LogP contribution in [0.15, 0.2) is 42.7 Å². The number of nitrogens with one attached hydrogen (secondary N) is 1. The Bertz CT molecular complexity index is 573. The molecule has 0 aliphatic heterocycles. The van der Waals surface area contributed by atoms with E-state index in [2.05, 4.69) is 36.4 Å². The minimum absolute atomic E-state index is 0.0360. The molecule has 1 atom stereocenters. The molecule has 0 fully saturated rings. The van der Waals surface area contributed by atoms with E-state index < -0.39 is 0 Å². The van der Waals surface area contributed by atoms with Crippen LogP contribution in [0.25, 0.3) is 0 Å². The quantitative estimate of drug-likeness (QED) is 0.885. The Hall–Kier alpha value is -2.10. The Kier molecular flexibility index (Phi) is 5.14. The first kappa shape index (κ1) is 15.3. The normalized spacial score (nSPS) is 12.4. The van der Waals surface area contributed by atoms with Crippen molar-refractivity contribution in [2.45, 2.75) is 32.7 Å². The highest BCUT2D eigenvalue weighted by Crippen LogP contribution is 2.27. The summed E-state index contributed by atoms with van der Waals surface area (Å²) in [5.74, 6) is 0.358. The van der Waals surface area contributed by atoms with Crippen molar-refractivity contribution in [3.05, 3.63) is 53.9 Å². The van der Waals surface area contributed by atoms with Gasteiger partial charge in [-0.1, -0.05) is 57.0 Å². The third-order valence-corrected chi connectivity index (χ3v) is 3.93. The SMILES string of the molecule is CCC(CC)[C@@H](NC(=O)c1cnn(C)c1)c1ccccc1. The number of hydrogen-bond acceptors (Lipinski definition) is 2. The predicted molar refractivity (Wildman–Crippen MR) is 83.9 cm³/mol. The van der Waals surface area contributed by atoms with Gasteiger partial charge in [0, 0.05) is 13.2 Å². The van der Waals surface area contributed by atoms with E-state index >= 15 is 0 Å². The molecule has 2 aromatic rings. The van der Waals surface area contributed by atoms with Gasteiger partial charge in [0.2, 0.25) is 0 Å². The molecule has 0 unspecified atom stereocenters. The number of aryl methyl sites for hydroxylation is 1. The van der Waals surface area contributed by atoms with E-state index in [1.165, 1.54) is 0 Å². The molecule has 4 nitrogen and oxygen atoms in total. The standard InChI is InChI=1S/C17H23N3O/c1-4-13(5-2)16(14-9-7-6-8-10-14)19-17(21)15-11-18-20(3)12-15/h6-13,16H,4-5H2,1-3H3,(H,19,21)/t16-/m1/s1. The smallest absolute Gasteiger partial charge is 0.254 e. The van der Waals surface area contributed by atoms with Crippen LogP contribution in [0.5, 0.6) is 0 Å². The molecule has 21 heavy (non-hydrogen) atoms. The van der Waals surface area contributed by atoms with Crippen LogP contribution in [0.4, 0.5) is 0 Å². The maximum Gasteiger partial charge on any atom is 0.254 e. The molecular weight excluding hydrogens is 262 g/mol. The number of carbonyl (C=O) groups is 1. The van der Waals surface area contributed by atoms with Gasteiger partial charge in [0.1, 0.15) is 0 Å². The fraction of sp³-hybridized carbons (Fsp3) is 0.412. The van der Waals surface area contributed by atoms with Crippen molar-refractivity contribution in [2.24, 2.45) is 13.0 Å². The molecule has 0 spiro atoms. The Balaban J connectivity index is 2.22. The summed E-state index contributed by atoms with van der Waals surface area (Å²) in [6, 6.07) is 10.2. The monoisotopic (exact) mass is 285 g/mol. The summed E-state index contributed by atoms with van der Waals surface area (Å²) in [5.41, 5.74) is 1.76. The minimum atomic E-state index is -0.0659. The summed E-state index contributed by atoms with van der Waals surface area (Å²) in [7, 11) is 1.81. The van der Waals surface area contributed by atoms with Crippen molar-refractivity contribution < 1.29 is 4.79 Å². The van der Waals surface area contributed by atoms with E-state index in [-0.39, 0.29) is 11.9 Å². The highest BCUT2D eigenvalue weighted by Gasteiger charge is 2.23. The molecule has 1 aromatic carbocycles. The van der Waals surface area contributed by atoms with Crippen molar-refractivity contribution in [1.29, 1.82) is 0 Å². The van der Waals surface area contributed by atoms with Crippen LogP contribution >= 0.6 is 0 Å². The summed E-state index contributed by atoms with van der Waals surface area (Å²) < 4.78 is 1.64. The van der Waals surface area contributed by atoms with E-state index in [0.717, 1.165) is 18.4 Å². The summed E-state index contributed by atoms with van der Waals surface area (Å²) in [4.78, 5) is 12.4. The molecule has 1 heterocycles. The molecule has 0 aliphatic carbocycles. The first-order chi connectivity index (χ1) is 10.2. The lowest BCUT2D eigenvalue weighted by Gasteiger charge is -2.26. The van der Waals surface area contributed by atoms with Gasteiger partial charge < -0.3 is 5.32 Å². The van der Waals surface area contributed by atoms with Gasteiger partial charge in [0.15, 0.2) is 0 Å². The minimum Gasteiger partial charge on any atom is -0.345 e. The molecule has 0 bridgehead atoms. The van der Waals surface area contributed by atoms with Crippen LogP contribution in [0, 0.1) is 5.92 Å². The molecule has 0 radical (unpaired) electrons. The Morgan fingerprint density at radius 1 is 1.24 bits per heavy atom. The van der Waals surface area contributed by atoms with Crippen LogP contribution in [0.1, 0.15) is 48.7 Å². The van der Waals surface area contributed by atoms with E-state index in [1.54, 1.807) is 17.1 Å². The molecule has 112 valence electrons. The third-order valence-electron chi connectivity index (χ3n) is 3.93. The fourth-order valence-corrected chi connectivity index (χ4v) is 2.66. The topological polar surface area (TPSA) is 46.9 Å². The van der Waals surface area contributed by atoms with Crippen LogP contribution in [-0.2, 0) is 7.05 Å². The Morgan fingerprint density at radius 3 is 2.43 bits per heavy atom. The first-order valence-electron chi connectivity index (χ1n) is 7.50. The summed E-state index contributed by atoms with van der Waals surface area (Å²) >= 11 is 0. The van der Waals surface area contributed by atoms with E-state index in [0.29, 0.717) is 11.5 Å². The van der Waals surface area contributed by atoms with Gasteiger partial charge in [-0.05, 0) is 11.5 Å². The van der Waals surface area contributed by atoms with Crippen molar-refractivity contribution in [1.82, 2.24) is 15.1 Å². The average molecular weight is 285 g/mol. The van der Waals surface area contributed by atoms with E-state index in [9.17, 15) is 4.79 Å². The summed E-state index contributed by atoms with van der Waals surface area (Å²) in [6.45, 7) is 4.33. The first-order valence-corrected chi connectivity index (χ1v) is 7.50. The zero-order valence-corrected chi connectivity index (χ0v) is 12.9. The predicted octanol–water partition coefficient (Wildman–Crippen LogP) is 3.33. The van der Waals surface area contributed by atoms with Gasteiger partial charge >= 0.3 is 0 Å². The van der Waals surface area contributed by atoms with Gasteiger partial charge in [-0.15, -0.1) is 0 Å². The van der Waals surface area contributed by atoms with Crippen molar-refractivity contribution in [3.8, 4) is 0 Å². The maximum atomic E-state index is 12.4. The number of benzene rings is 1. The fourth-order valence-electron chi connectivity index (χ4n) is 2.66. The summed E-state index contributed by atoms with van der Waals surface area (Å²) in [6.07, 6.45) is 5.40. The molecule has 2 rings (SSSR count). The number of amides is 1. The number of rotatable bonds is 6. The second-order valence-corrected chi connectivity index (χ2v) is 5.34. The highest BCUT2D eigenvalue weighted by atomic mass is 16.1. The average Bonchev–Trinajstić information content (AvgIpc) is 2.95. The number of aromatic nitrogens is 2. The van der Waals surface area contributed by atoms with Gasteiger partial charge in [-0.2, -0.15) is 5.10 Å². The van der Waals surface area contributed by atoms with Crippen molar-refractivity contribution in [3.63, 3.8) is 0 Å². The summed E-state index contributed by atoms with van der Waals surface area (Å²) in [5, 5.41) is 7.23. The second kappa shape index (κ2) is 7.07. The van der Waals surface area contributed by atoms with Gasteiger partial charge in [0.05, 0.1) is 17.8 Å². The van der Waals surface area contributed by atoms with Gasteiger partial charge in [-0.25, -0.2) is 0 Å². The van der Waals surface area contributed by atoms with E-state index in [1.807, 2.05) is 25.2 Å². The van der Waals surface area contributed by atoms with Crippen molar-refractivity contribution in [2.75, 3.05) is 0 Å². The Labute approximate surface area is 126 Å². The van der Waals surface area contributed by atoms with Crippen LogP contribution in [0.3, 0.4) is 0 Å². The molecule has 1 N–H and O–H groups in total. The van der Waals surface area contributed by atoms with E-state index in [4.69, 9.17) is 0 Å². The zero-order valence-electron chi connectivity index (χ0n) is 12.9. The highest BCUT2D eigenvalue weighted by molar-refractivity contribution is 5.93. The van der Waals surface area contributed by atoms with Gasteiger partial charge in [-0.3, -0.25) is 9.48 Å². The molecule has 0 saturated heterocycles. The largest absolute Gasteiger partial charge is 0.345 e. The van der Waals surface area contributed by atoms with Crippen LogP contribution < -0.4 is 5.32 Å². The molecule has 4 heteroatoms. The number of hydrogen-bond donors (Lipinski definition) is 1. The lowest BCUT2D eigenvalue weighted by Crippen LogP contribution is -2.33. The van der Waals surface area contributed by atoms with Gasteiger partial charge in [0.25, 0.3) is 5.91 Å². The lowest BCUT2D eigenvalue weighted by molar-refractivity contribution is 0.0919. The van der Waals surface area contributed by atoms with Crippen LogP contribution in [-0.4, -0.2) is 15.7 Å². The second-order valence-electron chi connectivity index (χ2n) is 5.34. The Morgan fingerprint density at radius 2 is 1.90 bits per heavy atom. The van der Waals surface area contributed by atoms with Crippen LogP contribution in [0.2, 0.25) is 0 Å². The molecule has 0 saturated carbocycles. The third kappa shape index (κ3) is 3.72. The molecular formula is C17H23N3O. The molecule has 1 aromatic heterocycles. The van der Waals surface area contributed by atoms with Crippen molar-refractivity contribution >= 4 is 5.91 Å². The number of carbonyl (C=O) groups excluding carboxylic acids is 1. The number of nitrogens with zero attached hydrogens (tertiary/aromatic N) is 2. The maximum absolute atomic E-state index is 12.4. The molecule has 1 amide bonds. The lowest BCUT2D eigenvalue weighted by atomic mass is 9.88. The molecule has 0 aliphatic rings. The zero-order chi connectivity index (χ0) is 15.2.